The Morgan fingerprint density at radius 1 is 1.17 bits per heavy atom. The molecule has 1 aromatic rings. The van der Waals surface area contributed by atoms with E-state index in [-0.39, 0.29) is 4.90 Å². The molecule has 1 aliphatic rings. The van der Waals surface area contributed by atoms with Crippen molar-refractivity contribution in [1.82, 2.24) is 5.32 Å². The zero-order valence-corrected chi connectivity index (χ0v) is 10.8. The Morgan fingerprint density at radius 3 is 2.11 bits per heavy atom. The number of rotatable bonds is 1. The van der Waals surface area contributed by atoms with Gasteiger partial charge in [0.05, 0.1) is 4.90 Å². The zero-order chi connectivity index (χ0) is 13.6. The molecule has 0 radical (unpaired) electrons. The van der Waals surface area contributed by atoms with Crippen LogP contribution in [0.1, 0.15) is 5.56 Å². The molecule has 1 heterocycles. The fourth-order valence-corrected chi connectivity index (χ4v) is 1.62. The summed E-state index contributed by atoms with van der Waals surface area (Å²) in [5, 5.41) is 2.92. The number of allylic oxidation sites excluding steroid dienone is 3. The first-order chi connectivity index (χ1) is 8.39. The van der Waals surface area contributed by atoms with E-state index in [9.17, 15) is 8.42 Å². The molecule has 1 aromatic carbocycles. The van der Waals surface area contributed by atoms with Crippen LogP contribution >= 0.6 is 0 Å². The van der Waals surface area contributed by atoms with Gasteiger partial charge >= 0.3 is 0 Å². The minimum absolute atomic E-state index is 0.0666. The van der Waals surface area contributed by atoms with Crippen molar-refractivity contribution in [2.75, 3.05) is 0 Å². The second-order valence-corrected chi connectivity index (χ2v) is 5.10. The lowest BCUT2D eigenvalue weighted by molar-refractivity contribution is 0.483. The highest BCUT2D eigenvalue weighted by Crippen LogP contribution is 2.08. The largest absolute Gasteiger partial charge is 0.362 e. The Labute approximate surface area is 107 Å². The van der Waals surface area contributed by atoms with Gasteiger partial charge in [0.1, 0.15) is 0 Å². The van der Waals surface area contributed by atoms with Gasteiger partial charge in [0.25, 0.3) is 10.1 Å². The maximum Gasteiger partial charge on any atom is 0.294 e. The van der Waals surface area contributed by atoms with Gasteiger partial charge in [-0.2, -0.15) is 8.42 Å². The molecule has 0 saturated carbocycles. The third-order valence-corrected chi connectivity index (χ3v) is 2.96. The summed E-state index contributed by atoms with van der Waals surface area (Å²) in [7, 11) is -4.02. The first-order valence-electron chi connectivity index (χ1n) is 5.22. The second-order valence-electron chi connectivity index (χ2n) is 3.68. The molecule has 0 spiro atoms. The van der Waals surface area contributed by atoms with E-state index in [1.807, 2.05) is 31.4 Å². The lowest BCUT2D eigenvalue weighted by atomic mass is 10.2. The molecule has 0 bridgehead atoms. The van der Waals surface area contributed by atoms with Gasteiger partial charge < -0.3 is 5.32 Å². The molecule has 0 aromatic heterocycles. The SMILES string of the molecule is C=C1C=CC=CN1.Cc1ccc(S(=O)(=O)O)cc1. The predicted molar refractivity (Wildman–Crippen MR) is 71.5 cm³/mol. The molecule has 0 fully saturated rings. The van der Waals surface area contributed by atoms with Crippen molar-refractivity contribution < 1.29 is 13.0 Å². The topological polar surface area (TPSA) is 66.4 Å². The summed E-state index contributed by atoms with van der Waals surface area (Å²) in [6.07, 6.45) is 7.63. The van der Waals surface area contributed by atoms with Gasteiger partial charge in [0.2, 0.25) is 0 Å². The van der Waals surface area contributed by atoms with Gasteiger partial charge in [-0.05, 0) is 31.2 Å². The molecule has 2 rings (SSSR count). The summed E-state index contributed by atoms with van der Waals surface area (Å²) in [6.45, 7) is 5.51. The van der Waals surface area contributed by atoms with Crippen LogP contribution in [-0.4, -0.2) is 13.0 Å². The highest BCUT2D eigenvalue weighted by atomic mass is 32.2. The fourth-order valence-electron chi connectivity index (χ4n) is 1.14. The van der Waals surface area contributed by atoms with Crippen molar-refractivity contribution >= 4 is 10.1 Å². The molecule has 18 heavy (non-hydrogen) atoms. The molecule has 0 unspecified atom stereocenters. The lowest BCUT2D eigenvalue weighted by Crippen LogP contribution is -2.01. The van der Waals surface area contributed by atoms with E-state index >= 15 is 0 Å². The lowest BCUT2D eigenvalue weighted by Gasteiger charge is -1.99. The minimum atomic E-state index is -4.02. The average molecular weight is 265 g/mol. The van der Waals surface area contributed by atoms with Crippen molar-refractivity contribution in [2.24, 2.45) is 0 Å². The van der Waals surface area contributed by atoms with Crippen molar-refractivity contribution in [3.63, 3.8) is 0 Å². The number of dihydropyridines is 1. The van der Waals surface area contributed by atoms with E-state index in [0.717, 1.165) is 11.3 Å². The van der Waals surface area contributed by atoms with Crippen LogP contribution in [-0.2, 0) is 10.1 Å². The third-order valence-electron chi connectivity index (χ3n) is 2.09. The molecule has 96 valence electrons. The van der Waals surface area contributed by atoms with Crippen LogP contribution in [0.3, 0.4) is 0 Å². The Kier molecular flexibility index (Phi) is 4.88. The van der Waals surface area contributed by atoms with Gasteiger partial charge in [-0.1, -0.05) is 30.4 Å². The molecule has 0 amide bonds. The van der Waals surface area contributed by atoms with Crippen molar-refractivity contribution in [3.05, 3.63) is 66.5 Å². The molecule has 0 saturated heterocycles. The van der Waals surface area contributed by atoms with E-state index in [1.54, 1.807) is 12.1 Å². The molecule has 5 heteroatoms. The Bertz CT molecular complexity index is 569. The monoisotopic (exact) mass is 265 g/mol. The van der Waals surface area contributed by atoms with Crippen LogP contribution in [0, 0.1) is 6.92 Å². The van der Waals surface area contributed by atoms with Crippen LogP contribution < -0.4 is 5.32 Å². The molecule has 0 atom stereocenters. The number of hydrogen-bond acceptors (Lipinski definition) is 3. The third kappa shape index (κ3) is 4.99. The summed E-state index contributed by atoms with van der Waals surface area (Å²) >= 11 is 0. The Hall–Kier alpha value is -1.85. The highest BCUT2D eigenvalue weighted by Gasteiger charge is 2.06. The van der Waals surface area contributed by atoms with Gasteiger partial charge in [0.15, 0.2) is 0 Å². The summed E-state index contributed by atoms with van der Waals surface area (Å²) < 4.78 is 29.6. The van der Waals surface area contributed by atoms with E-state index in [2.05, 4.69) is 11.9 Å². The first kappa shape index (κ1) is 14.2. The predicted octanol–water partition coefficient (Wildman–Crippen LogP) is 2.41. The molecular formula is C13H15NO3S. The van der Waals surface area contributed by atoms with Crippen LogP contribution in [0.2, 0.25) is 0 Å². The van der Waals surface area contributed by atoms with Gasteiger partial charge in [-0.25, -0.2) is 0 Å². The number of hydrogen-bond donors (Lipinski definition) is 2. The zero-order valence-electron chi connectivity index (χ0n) is 10.00. The molecule has 2 N–H and O–H groups in total. The second kappa shape index (κ2) is 6.18. The fraction of sp³-hybridized carbons (Fsp3) is 0.0769. The molecule has 1 aliphatic heterocycles. The summed E-state index contributed by atoms with van der Waals surface area (Å²) in [5.74, 6) is 0. The quantitative estimate of drug-likeness (QED) is 0.765. The van der Waals surface area contributed by atoms with Gasteiger partial charge in [-0.3, -0.25) is 4.55 Å². The summed E-state index contributed by atoms with van der Waals surface area (Å²) in [4.78, 5) is -0.0666. The number of aryl methyl sites for hydroxylation is 1. The molecule has 0 aliphatic carbocycles. The maximum absolute atomic E-state index is 10.5. The molecular weight excluding hydrogens is 250 g/mol. The van der Waals surface area contributed by atoms with E-state index in [1.165, 1.54) is 12.1 Å². The van der Waals surface area contributed by atoms with Crippen LogP contribution in [0.15, 0.2) is 65.9 Å². The minimum Gasteiger partial charge on any atom is -0.362 e. The van der Waals surface area contributed by atoms with Crippen molar-refractivity contribution in [2.45, 2.75) is 11.8 Å². The van der Waals surface area contributed by atoms with Crippen LogP contribution in [0.4, 0.5) is 0 Å². The normalized spacial score (nSPS) is 13.6. The number of benzene rings is 1. The van der Waals surface area contributed by atoms with Gasteiger partial charge in [0, 0.05) is 11.9 Å². The molecule has 4 nitrogen and oxygen atoms in total. The van der Waals surface area contributed by atoms with Gasteiger partial charge in [-0.15, -0.1) is 0 Å². The van der Waals surface area contributed by atoms with Crippen molar-refractivity contribution in [3.8, 4) is 0 Å². The van der Waals surface area contributed by atoms with Crippen LogP contribution in [0.5, 0.6) is 0 Å². The smallest absolute Gasteiger partial charge is 0.294 e. The summed E-state index contributed by atoms with van der Waals surface area (Å²) in [5.41, 5.74) is 1.90. The average Bonchev–Trinajstić information content (AvgIpc) is 2.30. The van der Waals surface area contributed by atoms with Crippen LogP contribution in [0.25, 0.3) is 0 Å². The Balaban J connectivity index is 0.000000199. The standard InChI is InChI=1S/C7H8O3S.C6H7N/c1-6-2-4-7(5-3-6)11(8,9)10;1-6-4-2-3-5-7-6/h2-5H,1H3,(H,8,9,10);2-5,7H,1H2. The summed E-state index contributed by atoms with van der Waals surface area (Å²) in [6, 6.07) is 5.99. The number of nitrogens with one attached hydrogen (secondary N) is 1. The van der Waals surface area contributed by atoms with Crippen molar-refractivity contribution in [1.29, 1.82) is 0 Å². The van der Waals surface area contributed by atoms with E-state index in [0.29, 0.717) is 0 Å². The highest BCUT2D eigenvalue weighted by molar-refractivity contribution is 7.85. The maximum atomic E-state index is 10.5. The van der Waals surface area contributed by atoms with E-state index < -0.39 is 10.1 Å². The Morgan fingerprint density at radius 2 is 1.78 bits per heavy atom. The van der Waals surface area contributed by atoms with E-state index in [4.69, 9.17) is 4.55 Å². The first-order valence-corrected chi connectivity index (χ1v) is 6.66.